The molecular weight excluding hydrogens is 264 g/mol. The Kier molecular flexibility index (Phi) is 3.43. The van der Waals surface area contributed by atoms with Crippen LogP contribution in [0.15, 0.2) is 43.1 Å². The lowest BCUT2D eigenvalue weighted by atomic mass is 10.3. The Morgan fingerprint density at radius 2 is 1.90 bits per heavy atom. The topological polar surface area (TPSA) is 60.6 Å². The second-order valence-corrected chi connectivity index (χ2v) is 5.01. The van der Waals surface area contributed by atoms with Crippen molar-refractivity contribution in [1.82, 2.24) is 24.1 Å². The molecule has 1 N–H and O–H groups in total. The Morgan fingerprint density at radius 1 is 1.10 bits per heavy atom. The Bertz CT molecular complexity index is 725. The molecule has 0 aliphatic heterocycles. The number of nitrogens with zero attached hydrogens (tertiary/aromatic N) is 5. The van der Waals surface area contributed by atoms with Crippen molar-refractivity contribution in [2.45, 2.75) is 19.9 Å². The zero-order chi connectivity index (χ0) is 14.8. The van der Waals surface area contributed by atoms with Gasteiger partial charge in [-0.1, -0.05) is 0 Å². The number of rotatable bonds is 4. The lowest BCUT2D eigenvalue weighted by Gasteiger charge is -2.15. The molecule has 0 aliphatic carbocycles. The maximum absolute atomic E-state index is 4.47. The number of imidazole rings is 2. The molecule has 3 aromatic rings. The highest BCUT2D eigenvalue weighted by Crippen LogP contribution is 2.18. The highest BCUT2D eigenvalue weighted by atomic mass is 15.1. The smallest absolute Gasteiger partial charge is 0.138 e. The van der Waals surface area contributed by atoms with Crippen LogP contribution in [-0.2, 0) is 7.05 Å². The van der Waals surface area contributed by atoms with E-state index in [1.165, 1.54) is 0 Å². The van der Waals surface area contributed by atoms with Gasteiger partial charge in [-0.2, -0.15) is 0 Å². The van der Waals surface area contributed by atoms with E-state index in [4.69, 9.17) is 0 Å². The second-order valence-electron chi connectivity index (χ2n) is 5.01. The molecule has 1 unspecified atom stereocenters. The molecule has 3 rings (SSSR count). The van der Waals surface area contributed by atoms with Gasteiger partial charge in [0.25, 0.3) is 0 Å². The van der Waals surface area contributed by atoms with E-state index in [2.05, 4.69) is 27.2 Å². The molecule has 3 heterocycles. The first-order chi connectivity index (χ1) is 10.1. The van der Waals surface area contributed by atoms with Crippen molar-refractivity contribution in [2.75, 3.05) is 5.32 Å². The number of pyridine rings is 1. The summed E-state index contributed by atoms with van der Waals surface area (Å²) in [4.78, 5) is 13.0. The predicted molar refractivity (Wildman–Crippen MR) is 81.3 cm³/mol. The first kappa shape index (κ1) is 13.4. The Balaban J connectivity index is 1.76. The lowest BCUT2D eigenvalue weighted by Crippen LogP contribution is -2.12. The minimum atomic E-state index is 0.118. The molecule has 0 fully saturated rings. The summed E-state index contributed by atoms with van der Waals surface area (Å²) in [6.45, 7) is 4.03. The molecule has 0 saturated heterocycles. The first-order valence-electron chi connectivity index (χ1n) is 6.85. The molecule has 6 heteroatoms. The fraction of sp³-hybridized carbons (Fsp3) is 0.267. The molecule has 3 aromatic heterocycles. The van der Waals surface area contributed by atoms with Crippen LogP contribution < -0.4 is 5.32 Å². The van der Waals surface area contributed by atoms with E-state index in [0.717, 1.165) is 23.2 Å². The summed E-state index contributed by atoms with van der Waals surface area (Å²) < 4.78 is 3.96. The third-order valence-electron chi connectivity index (χ3n) is 3.45. The fourth-order valence-corrected chi connectivity index (χ4v) is 2.34. The third kappa shape index (κ3) is 2.65. The summed E-state index contributed by atoms with van der Waals surface area (Å²) in [7, 11) is 1.99. The van der Waals surface area contributed by atoms with Gasteiger partial charge in [0.15, 0.2) is 0 Å². The van der Waals surface area contributed by atoms with E-state index in [9.17, 15) is 0 Å². The van der Waals surface area contributed by atoms with Crippen LogP contribution in [0.5, 0.6) is 0 Å². The number of anilines is 1. The van der Waals surface area contributed by atoms with Crippen molar-refractivity contribution in [3.8, 4) is 5.82 Å². The number of hydrogen-bond acceptors (Lipinski definition) is 4. The zero-order valence-electron chi connectivity index (χ0n) is 12.4. The average Bonchev–Trinajstić information content (AvgIpc) is 3.08. The van der Waals surface area contributed by atoms with Gasteiger partial charge in [0, 0.05) is 31.8 Å². The molecule has 0 bridgehead atoms. The fourth-order valence-electron chi connectivity index (χ4n) is 2.34. The van der Waals surface area contributed by atoms with Gasteiger partial charge >= 0.3 is 0 Å². The summed E-state index contributed by atoms with van der Waals surface area (Å²) in [5.74, 6) is 2.77. The van der Waals surface area contributed by atoms with Crippen LogP contribution >= 0.6 is 0 Å². The van der Waals surface area contributed by atoms with Crippen LogP contribution in [0.2, 0.25) is 0 Å². The highest BCUT2D eigenvalue weighted by molar-refractivity contribution is 5.45. The van der Waals surface area contributed by atoms with Crippen molar-refractivity contribution in [2.24, 2.45) is 7.05 Å². The van der Waals surface area contributed by atoms with E-state index in [1.54, 1.807) is 12.4 Å². The van der Waals surface area contributed by atoms with Crippen molar-refractivity contribution >= 4 is 5.69 Å². The number of nitrogens with one attached hydrogen (secondary N) is 1. The maximum Gasteiger partial charge on any atom is 0.138 e. The summed E-state index contributed by atoms with van der Waals surface area (Å²) in [5.41, 5.74) is 0.965. The summed E-state index contributed by atoms with van der Waals surface area (Å²) in [5, 5.41) is 3.40. The molecule has 0 aromatic carbocycles. The van der Waals surface area contributed by atoms with Gasteiger partial charge in [-0.05, 0) is 26.0 Å². The molecule has 0 spiro atoms. The summed E-state index contributed by atoms with van der Waals surface area (Å²) >= 11 is 0. The van der Waals surface area contributed by atoms with Gasteiger partial charge in [-0.25, -0.2) is 15.0 Å². The monoisotopic (exact) mass is 282 g/mol. The van der Waals surface area contributed by atoms with Gasteiger partial charge in [-0.3, -0.25) is 4.57 Å². The first-order valence-corrected chi connectivity index (χ1v) is 6.85. The van der Waals surface area contributed by atoms with E-state index in [-0.39, 0.29) is 6.04 Å². The van der Waals surface area contributed by atoms with E-state index < -0.39 is 0 Å². The molecule has 6 nitrogen and oxygen atoms in total. The average molecular weight is 282 g/mol. The van der Waals surface area contributed by atoms with E-state index in [1.807, 2.05) is 53.8 Å². The van der Waals surface area contributed by atoms with Crippen LogP contribution in [-0.4, -0.2) is 24.1 Å². The molecule has 0 amide bonds. The number of aryl methyl sites for hydroxylation is 2. The standard InChI is InChI=1S/C15H18N6/c1-11(15-17-6-8-20(15)3)19-13-4-5-14(18-10-13)21-9-7-16-12(21)2/h4-11,19H,1-3H3. The van der Waals surface area contributed by atoms with Gasteiger partial charge in [0.1, 0.15) is 17.5 Å². The van der Waals surface area contributed by atoms with Gasteiger partial charge in [0.05, 0.1) is 17.9 Å². The normalized spacial score (nSPS) is 12.3. The number of hydrogen-bond donors (Lipinski definition) is 1. The van der Waals surface area contributed by atoms with Crippen LogP contribution in [0.25, 0.3) is 5.82 Å². The molecule has 21 heavy (non-hydrogen) atoms. The van der Waals surface area contributed by atoms with E-state index in [0.29, 0.717) is 0 Å². The van der Waals surface area contributed by atoms with Crippen molar-refractivity contribution < 1.29 is 0 Å². The molecule has 0 saturated carbocycles. The lowest BCUT2D eigenvalue weighted by molar-refractivity contribution is 0.721. The van der Waals surface area contributed by atoms with Crippen molar-refractivity contribution in [3.63, 3.8) is 0 Å². The predicted octanol–water partition coefficient (Wildman–Crippen LogP) is 2.48. The minimum Gasteiger partial charge on any atom is -0.374 e. The minimum absolute atomic E-state index is 0.118. The Hall–Kier alpha value is -2.63. The number of aromatic nitrogens is 5. The van der Waals surface area contributed by atoms with Crippen molar-refractivity contribution in [1.29, 1.82) is 0 Å². The van der Waals surface area contributed by atoms with Crippen LogP contribution in [0.3, 0.4) is 0 Å². The summed E-state index contributed by atoms with van der Waals surface area (Å²) in [6.07, 6.45) is 9.25. The van der Waals surface area contributed by atoms with Gasteiger partial charge < -0.3 is 9.88 Å². The van der Waals surface area contributed by atoms with Gasteiger partial charge in [0.2, 0.25) is 0 Å². The molecule has 1 atom stereocenters. The Morgan fingerprint density at radius 3 is 2.48 bits per heavy atom. The molecule has 108 valence electrons. The quantitative estimate of drug-likeness (QED) is 0.798. The summed E-state index contributed by atoms with van der Waals surface area (Å²) in [6, 6.07) is 4.11. The van der Waals surface area contributed by atoms with E-state index >= 15 is 0 Å². The highest BCUT2D eigenvalue weighted by Gasteiger charge is 2.10. The third-order valence-corrected chi connectivity index (χ3v) is 3.45. The van der Waals surface area contributed by atoms with Crippen LogP contribution in [0.4, 0.5) is 5.69 Å². The largest absolute Gasteiger partial charge is 0.374 e. The Labute approximate surface area is 123 Å². The van der Waals surface area contributed by atoms with Gasteiger partial charge in [-0.15, -0.1) is 0 Å². The SMILES string of the molecule is Cc1nccn1-c1ccc(NC(C)c2nccn2C)cn1. The second kappa shape index (κ2) is 5.40. The maximum atomic E-state index is 4.47. The molecular formula is C15H18N6. The molecule has 0 aliphatic rings. The van der Waals surface area contributed by atoms with Crippen LogP contribution in [0.1, 0.15) is 24.6 Å². The molecule has 0 radical (unpaired) electrons. The van der Waals surface area contributed by atoms with Crippen LogP contribution in [0, 0.1) is 6.92 Å². The zero-order valence-corrected chi connectivity index (χ0v) is 12.4. The van der Waals surface area contributed by atoms with Crippen molar-refractivity contribution in [3.05, 3.63) is 54.8 Å².